The molecule has 152 valence electrons. The van der Waals surface area contributed by atoms with Gasteiger partial charge in [-0.1, -0.05) is 18.2 Å². The molecule has 0 atom stereocenters. The van der Waals surface area contributed by atoms with Crippen LogP contribution in [0.25, 0.3) is 33.1 Å². The number of nitrogen functional groups attached to an aromatic ring is 1. The molecular weight excluding hydrogens is 461 g/mol. The second-order valence-electron chi connectivity index (χ2n) is 7.09. The lowest BCUT2D eigenvalue weighted by molar-refractivity contribution is 0.0972. The quantitative estimate of drug-likeness (QED) is 0.369. The standard InChI is InChI=1S/C23H15BrFN5O/c24-18-8-15(25)5-6-16(18)20(31)11-30-10-17(21-22(26)28-12-29-23(21)30)14-7-13-3-1-2-4-19(13)27-9-14/h1-10,12H,11H2,(H2,26,28,29). The van der Waals surface area contributed by atoms with E-state index in [0.717, 1.165) is 22.0 Å². The Hall–Kier alpha value is -3.65. The van der Waals surface area contributed by atoms with E-state index in [4.69, 9.17) is 5.73 Å². The number of benzene rings is 2. The summed E-state index contributed by atoms with van der Waals surface area (Å²) in [5.41, 5.74) is 9.64. The molecule has 0 saturated heterocycles. The van der Waals surface area contributed by atoms with Crippen molar-refractivity contribution >= 4 is 49.5 Å². The summed E-state index contributed by atoms with van der Waals surface area (Å²) in [7, 11) is 0. The first kappa shape index (κ1) is 19.3. The lowest BCUT2D eigenvalue weighted by Gasteiger charge is -2.06. The number of aromatic nitrogens is 4. The molecule has 6 nitrogen and oxygen atoms in total. The number of carbonyl (C=O) groups excluding carboxylic acids is 1. The van der Waals surface area contributed by atoms with Crippen LogP contribution in [0, 0.1) is 5.82 Å². The fraction of sp³-hybridized carbons (Fsp3) is 0.0435. The molecule has 0 fully saturated rings. The number of ketones is 1. The van der Waals surface area contributed by atoms with Gasteiger partial charge in [-0.2, -0.15) is 0 Å². The fourth-order valence-electron chi connectivity index (χ4n) is 3.66. The van der Waals surface area contributed by atoms with Crippen molar-refractivity contribution in [1.82, 2.24) is 19.5 Å². The summed E-state index contributed by atoms with van der Waals surface area (Å²) < 4.78 is 15.5. The van der Waals surface area contributed by atoms with Crippen LogP contribution in [0.4, 0.5) is 10.2 Å². The van der Waals surface area contributed by atoms with Crippen molar-refractivity contribution in [3.05, 3.63) is 83.1 Å². The third-order valence-corrected chi connectivity index (χ3v) is 5.79. The molecule has 2 aromatic carbocycles. The first-order valence-corrected chi connectivity index (χ1v) is 10.2. The molecule has 5 rings (SSSR count). The zero-order chi connectivity index (χ0) is 21.5. The molecule has 0 aliphatic carbocycles. The molecule has 3 heterocycles. The van der Waals surface area contributed by atoms with Gasteiger partial charge in [0.1, 0.15) is 23.6 Å². The third-order valence-electron chi connectivity index (χ3n) is 5.13. The molecule has 0 saturated carbocycles. The Morgan fingerprint density at radius 2 is 1.94 bits per heavy atom. The predicted octanol–water partition coefficient (Wildman–Crippen LogP) is 5.01. The van der Waals surface area contributed by atoms with Crippen LogP contribution in [0.5, 0.6) is 0 Å². The van der Waals surface area contributed by atoms with Gasteiger partial charge >= 0.3 is 0 Å². The minimum Gasteiger partial charge on any atom is -0.383 e. The van der Waals surface area contributed by atoms with Crippen LogP contribution in [0.2, 0.25) is 0 Å². The number of Topliss-reactive ketones (excluding diaryl/α,β-unsaturated/α-hetero) is 1. The number of anilines is 1. The highest BCUT2D eigenvalue weighted by atomic mass is 79.9. The SMILES string of the molecule is Nc1ncnc2c1c(-c1cnc3ccccc3c1)cn2CC(=O)c1ccc(F)cc1Br. The maximum absolute atomic E-state index is 13.4. The summed E-state index contributed by atoms with van der Waals surface area (Å²) >= 11 is 3.26. The highest BCUT2D eigenvalue weighted by Gasteiger charge is 2.19. The van der Waals surface area contributed by atoms with Gasteiger partial charge in [-0.3, -0.25) is 9.78 Å². The number of para-hydroxylation sites is 1. The highest BCUT2D eigenvalue weighted by molar-refractivity contribution is 9.10. The molecule has 0 bridgehead atoms. The molecule has 0 aliphatic rings. The second kappa shape index (κ2) is 7.55. The number of nitrogens with two attached hydrogens (primary N) is 1. The van der Waals surface area contributed by atoms with E-state index in [2.05, 4.69) is 30.9 Å². The molecule has 0 unspecified atom stereocenters. The van der Waals surface area contributed by atoms with Gasteiger partial charge < -0.3 is 10.3 Å². The van der Waals surface area contributed by atoms with Crippen molar-refractivity contribution < 1.29 is 9.18 Å². The second-order valence-corrected chi connectivity index (χ2v) is 7.95. The number of rotatable bonds is 4. The molecule has 0 amide bonds. The van der Waals surface area contributed by atoms with E-state index in [1.54, 1.807) is 10.8 Å². The zero-order valence-electron chi connectivity index (χ0n) is 16.1. The first-order chi connectivity index (χ1) is 15.0. The van der Waals surface area contributed by atoms with E-state index in [0.29, 0.717) is 26.9 Å². The molecule has 31 heavy (non-hydrogen) atoms. The lowest BCUT2D eigenvalue weighted by Crippen LogP contribution is -2.11. The van der Waals surface area contributed by atoms with Crippen LogP contribution >= 0.6 is 15.9 Å². The molecule has 0 radical (unpaired) electrons. The first-order valence-electron chi connectivity index (χ1n) is 9.44. The summed E-state index contributed by atoms with van der Waals surface area (Å²) in [6, 6.07) is 13.8. The van der Waals surface area contributed by atoms with E-state index in [1.807, 2.05) is 36.5 Å². The van der Waals surface area contributed by atoms with E-state index in [1.165, 1.54) is 24.5 Å². The van der Waals surface area contributed by atoms with Crippen LogP contribution in [0.1, 0.15) is 10.4 Å². The Morgan fingerprint density at radius 3 is 2.77 bits per heavy atom. The highest BCUT2D eigenvalue weighted by Crippen LogP contribution is 2.33. The third kappa shape index (κ3) is 3.44. The van der Waals surface area contributed by atoms with E-state index in [-0.39, 0.29) is 12.3 Å². The monoisotopic (exact) mass is 475 g/mol. The maximum atomic E-state index is 13.4. The van der Waals surface area contributed by atoms with Crippen LogP contribution in [0.3, 0.4) is 0 Å². The van der Waals surface area contributed by atoms with E-state index < -0.39 is 5.82 Å². The number of halogens is 2. The van der Waals surface area contributed by atoms with Crippen LogP contribution in [0.15, 0.2) is 71.7 Å². The minimum atomic E-state index is -0.415. The Labute approximate surface area is 184 Å². The van der Waals surface area contributed by atoms with Crippen molar-refractivity contribution in [2.75, 3.05) is 5.73 Å². The molecule has 0 aliphatic heterocycles. The van der Waals surface area contributed by atoms with Crippen molar-refractivity contribution in [2.24, 2.45) is 0 Å². The van der Waals surface area contributed by atoms with Gasteiger partial charge in [0, 0.05) is 38.9 Å². The zero-order valence-corrected chi connectivity index (χ0v) is 17.7. The number of nitrogens with zero attached hydrogens (tertiary/aromatic N) is 4. The summed E-state index contributed by atoms with van der Waals surface area (Å²) in [6.45, 7) is 0.0121. The van der Waals surface area contributed by atoms with Crippen molar-refractivity contribution in [1.29, 1.82) is 0 Å². The van der Waals surface area contributed by atoms with Gasteiger partial charge in [-0.05, 0) is 46.3 Å². The number of hydrogen-bond donors (Lipinski definition) is 1. The predicted molar refractivity (Wildman–Crippen MR) is 121 cm³/mol. The largest absolute Gasteiger partial charge is 0.383 e. The Kier molecular flexibility index (Phi) is 4.71. The van der Waals surface area contributed by atoms with Gasteiger partial charge in [0.15, 0.2) is 5.78 Å². The average molecular weight is 476 g/mol. The van der Waals surface area contributed by atoms with Gasteiger partial charge in [-0.15, -0.1) is 0 Å². The minimum absolute atomic E-state index is 0.0121. The Balaban J connectivity index is 1.63. The Bertz CT molecular complexity index is 1480. The number of hydrogen-bond acceptors (Lipinski definition) is 5. The topological polar surface area (TPSA) is 86.7 Å². The van der Waals surface area contributed by atoms with Gasteiger partial charge in [0.05, 0.1) is 17.4 Å². The number of carbonyl (C=O) groups is 1. The molecular formula is C23H15BrFN5O. The molecule has 5 aromatic rings. The van der Waals surface area contributed by atoms with Crippen LogP contribution in [-0.2, 0) is 6.54 Å². The van der Waals surface area contributed by atoms with E-state index >= 15 is 0 Å². The number of pyridine rings is 1. The summed E-state index contributed by atoms with van der Waals surface area (Å²) in [5.74, 6) is -0.284. The van der Waals surface area contributed by atoms with E-state index in [9.17, 15) is 9.18 Å². The molecule has 3 aromatic heterocycles. The average Bonchev–Trinajstić information content (AvgIpc) is 3.13. The van der Waals surface area contributed by atoms with Gasteiger partial charge in [0.2, 0.25) is 0 Å². The molecule has 0 spiro atoms. The van der Waals surface area contributed by atoms with Crippen molar-refractivity contribution in [3.8, 4) is 11.1 Å². The summed E-state index contributed by atoms with van der Waals surface area (Å²) in [4.78, 5) is 26.0. The normalized spacial score (nSPS) is 11.3. The van der Waals surface area contributed by atoms with Gasteiger partial charge in [-0.25, -0.2) is 14.4 Å². The van der Waals surface area contributed by atoms with Crippen molar-refractivity contribution in [3.63, 3.8) is 0 Å². The molecule has 2 N–H and O–H groups in total. The summed E-state index contributed by atoms with van der Waals surface area (Å²) in [5, 5.41) is 1.65. The van der Waals surface area contributed by atoms with Crippen molar-refractivity contribution in [2.45, 2.75) is 6.54 Å². The summed E-state index contributed by atoms with van der Waals surface area (Å²) in [6.07, 6.45) is 4.97. The smallest absolute Gasteiger partial charge is 0.183 e. The Morgan fingerprint density at radius 1 is 1.10 bits per heavy atom. The van der Waals surface area contributed by atoms with Gasteiger partial charge in [0.25, 0.3) is 0 Å². The molecule has 8 heteroatoms. The maximum Gasteiger partial charge on any atom is 0.183 e. The van der Waals surface area contributed by atoms with Crippen LogP contribution in [-0.4, -0.2) is 25.3 Å². The number of fused-ring (bicyclic) bond motifs is 2. The lowest BCUT2D eigenvalue weighted by atomic mass is 10.1. The fourth-order valence-corrected chi connectivity index (χ4v) is 4.23. The van der Waals surface area contributed by atoms with Crippen LogP contribution < -0.4 is 5.73 Å².